The Morgan fingerprint density at radius 2 is 2.17 bits per heavy atom. The molecule has 3 nitrogen and oxygen atoms in total. The number of phenolic OH excluding ortho intramolecular Hbond substituents is 1. The van der Waals surface area contributed by atoms with Crippen molar-refractivity contribution in [2.75, 3.05) is 13.7 Å². The summed E-state index contributed by atoms with van der Waals surface area (Å²) in [5.74, 6) is 1.66. The van der Waals surface area contributed by atoms with Crippen molar-refractivity contribution >= 4 is 0 Å². The second-order valence-corrected chi connectivity index (χ2v) is 5.42. The van der Waals surface area contributed by atoms with E-state index in [9.17, 15) is 5.11 Å². The molecule has 0 saturated carbocycles. The molecular formula is C15H23NO2. The first-order valence-corrected chi connectivity index (χ1v) is 6.70. The van der Waals surface area contributed by atoms with Crippen LogP contribution in [0.1, 0.15) is 32.3 Å². The minimum Gasteiger partial charge on any atom is -0.504 e. The lowest BCUT2D eigenvalue weighted by atomic mass is 9.93. The summed E-state index contributed by atoms with van der Waals surface area (Å²) in [7, 11) is 1.59. The van der Waals surface area contributed by atoms with E-state index in [1.54, 1.807) is 13.2 Å². The predicted molar refractivity (Wildman–Crippen MR) is 72.9 cm³/mol. The van der Waals surface area contributed by atoms with Crippen LogP contribution in [0.15, 0.2) is 18.2 Å². The minimum absolute atomic E-state index is 0.283. The zero-order valence-electron chi connectivity index (χ0n) is 11.5. The molecule has 0 aliphatic carbocycles. The van der Waals surface area contributed by atoms with Crippen LogP contribution in [-0.2, 0) is 6.54 Å². The second-order valence-electron chi connectivity index (χ2n) is 5.42. The Labute approximate surface area is 109 Å². The minimum atomic E-state index is 0.283. The van der Waals surface area contributed by atoms with E-state index in [-0.39, 0.29) is 5.75 Å². The summed E-state index contributed by atoms with van der Waals surface area (Å²) >= 11 is 0. The van der Waals surface area contributed by atoms with Gasteiger partial charge in [-0.1, -0.05) is 19.1 Å². The van der Waals surface area contributed by atoms with Crippen LogP contribution in [0.25, 0.3) is 0 Å². The second kappa shape index (κ2) is 5.61. The number of methoxy groups -OCH3 is 1. The van der Waals surface area contributed by atoms with E-state index in [0.717, 1.165) is 24.6 Å². The molecule has 0 bridgehead atoms. The van der Waals surface area contributed by atoms with Gasteiger partial charge >= 0.3 is 0 Å². The maximum absolute atomic E-state index is 10.1. The Kier molecular flexibility index (Phi) is 4.12. The SMILES string of the molecule is COc1cccc(CN2CCC(C)CC2C)c1O. The average Bonchev–Trinajstić information content (AvgIpc) is 2.35. The Hall–Kier alpha value is -1.22. The van der Waals surface area contributed by atoms with Crippen LogP contribution in [0, 0.1) is 5.92 Å². The number of rotatable bonds is 3. The van der Waals surface area contributed by atoms with Crippen molar-refractivity contribution in [3.63, 3.8) is 0 Å². The van der Waals surface area contributed by atoms with Crippen molar-refractivity contribution in [1.82, 2.24) is 4.90 Å². The van der Waals surface area contributed by atoms with Crippen molar-refractivity contribution in [2.24, 2.45) is 5.92 Å². The molecule has 1 heterocycles. The Morgan fingerprint density at radius 1 is 1.39 bits per heavy atom. The van der Waals surface area contributed by atoms with Crippen LogP contribution in [0.3, 0.4) is 0 Å². The van der Waals surface area contributed by atoms with Crippen molar-refractivity contribution < 1.29 is 9.84 Å². The molecule has 0 radical (unpaired) electrons. The van der Waals surface area contributed by atoms with E-state index >= 15 is 0 Å². The van der Waals surface area contributed by atoms with Gasteiger partial charge < -0.3 is 9.84 Å². The van der Waals surface area contributed by atoms with Crippen molar-refractivity contribution in [2.45, 2.75) is 39.3 Å². The monoisotopic (exact) mass is 249 g/mol. The number of nitrogens with zero attached hydrogens (tertiary/aromatic N) is 1. The number of aromatic hydroxyl groups is 1. The molecule has 0 spiro atoms. The Bertz CT molecular complexity index is 405. The molecular weight excluding hydrogens is 226 g/mol. The number of piperidine rings is 1. The lowest BCUT2D eigenvalue weighted by Gasteiger charge is -2.36. The zero-order chi connectivity index (χ0) is 13.1. The van der Waals surface area contributed by atoms with Gasteiger partial charge in [-0.05, 0) is 38.3 Å². The predicted octanol–water partition coefficient (Wildman–Crippen LogP) is 3.02. The third-order valence-corrected chi connectivity index (χ3v) is 3.95. The molecule has 2 unspecified atom stereocenters. The van der Waals surface area contributed by atoms with Gasteiger partial charge in [0.25, 0.3) is 0 Å². The largest absolute Gasteiger partial charge is 0.504 e. The molecule has 18 heavy (non-hydrogen) atoms. The average molecular weight is 249 g/mol. The molecule has 3 heteroatoms. The van der Waals surface area contributed by atoms with Gasteiger partial charge in [0.05, 0.1) is 7.11 Å². The van der Waals surface area contributed by atoms with Crippen molar-refractivity contribution in [3.8, 4) is 11.5 Å². The topological polar surface area (TPSA) is 32.7 Å². The molecule has 2 rings (SSSR count). The molecule has 0 amide bonds. The third-order valence-electron chi connectivity index (χ3n) is 3.95. The van der Waals surface area contributed by atoms with Crippen molar-refractivity contribution in [3.05, 3.63) is 23.8 Å². The zero-order valence-corrected chi connectivity index (χ0v) is 11.5. The lowest BCUT2D eigenvalue weighted by Crippen LogP contribution is -2.39. The first kappa shape index (κ1) is 13.2. The van der Waals surface area contributed by atoms with Crippen LogP contribution >= 0.6 is 0 Å². The van der Waals surface area contributed by atoms with Crippen LogP contribution in [0.4, 0.5) is 0 Å². The molecule has 1 aromatic rings. The quantitative estimate of drug-likeness (QED) is 0.893. The maximum Gasteiger partial charge on any atom is 0.162 e. The maximum atomic E-state index is 10.1. The molecule has 1 aliphatic rings. The van der Waals surface area contributed by atoms with E-state index in [0.29, 0.717) is 11.8 Å². The molecule has 2 atom stereocenters. The lowest BCUT2D eigenvalue weighted by molar-refractivity contribution is 0.121. The van der Waals surface area contributed by atoms with E-state index in [1.165, 1.54) is 12.8 Å². The van der Waals surface area contributed by atoms with E-state index in [1.807, 2.05) is 12.1 Å². The highest BCUT2D eigenvalue weighted by atomic mass is 16.5. The van der Waals surface area contributed by atoms with Gasteiger partial charge in [0.1, 0.15) is 0 Å². The van der Waals surface area contributed by atoms with Gasteiger partial charge in [0.15, 0.2) is 11.5 Å². The van der Waals surface area contributed by atoms with Crippen molar-refractivity contribution in [1.29, 1.82) is 0 Å². The Balaban J connectivity index is 2.09. The van der Waals surface area contributed by atoms with Gasteiger partial charge in [-0.3, -0.25) is 4.90 Å². The summed E-state index contributed by atoms with van der Waals surface area (Å²) in [4.78, 5) is 2.44. The smallest absolute Gasteiger partial charge is 0.162 e. The molecule has 1 fully saturated rings. The molecule has 1 N–H and O–H groups in total. The molecule has 1 aliphatic heterocycles. The van der Waals surface area contributed by atoms with Crippen LogP contribution in [0.5, 0.6) is 11.5 Å². The van der Waals surface area contributed by atoms with Gasteiger partial charge in [0, 0.05) is 18.2 Å². The number of ether oxygens (including phenoxy) is 1. The van der Waals surface area contributed by atoms with Crippen LogP contribution in [0.2, 0.25) is 0 Å². The van der Waals surface area contributed by atoms with Gasteiger partial charge in [-0.25, -0.2) is 0 Å². The number of para-hydroxylation sites is 1. The molecule has 0 aromatic heterocycles. The highest BCUT2D eigenvalue weighted by Gasteiger charge is 2.23. The summed E-state index contributed by atoms with van der Waals surface area (Å²) in [5, 5.41) is 10.1. The highest BCUT2D eigenvalue weighted by Crippen LogP contribution is 2.32. The first-order chi connectivity index (χ1) is 8.61. The summed E-state index contributed by atoms with van der Waals surface area (Å²) < 4.78 is 5.15. The van der Waals surface area contributed by atoms with Gasteiger partial charge in [-0.2, -0.15) is 0 Å². The highest BCUT2D eigenvalue weighted by molar-refractivity contribution is 5.45. The third kappa shape index (κ3) is 2.78. The standard InChI is InChI=1S/C15H23NO2/c1-11-7-8-16(12(2)9-11)10-13-5-4-6-14(18-3)15(13)17/h4-6,11-12,17H,7-10H2,1-3H3. The van der Waals surface area contributed by atoms with Gasteiger partial charge in [0.2, 0.25) is 0 Å². The van der Waals surface area contributed by atoms with E-state index in [4.69, 9.17) is 4.74 Å². The normalized spacial score (nSPS) is 25.1. The summed E-state index contributed by atoms with van der Waals surface area (Å²) in [6.07, 6.45) is 2.49. The number of hydrogen-bond acceptors (Lipinski definition) is 3. The fourth-order valence-corrected chi connectivity index (χ4v) is 2.77. The molecule has 100 valence electrons. The number of hydrogen-bond donors (Lipinski definition) is 1. The summed E-state index contributed by atoms with van der Waals surface area (Å²) in [5.41, 5.74) is 0.954. The fourth-order valence-electron chi connectivity index (χ4n) is 2.77. The van der Waals surface area contributed by atoms with E-state index < -0.39 is 0 Å². The Morgan fingerprint density at radius 3 is 2.83 bits per heavy atom. The van der Waals surface area contributed by atoms with E-state index in [2.05, 4.69) is 18.7 Å². The van der Waals surface area contributed by atoms with Crippen LogP contribution in [-0.4, -0.2) is 29.7 Å². The van der Waals surface area contributed by atoms with Gasteiger partial charge in [-0.15, -0.1) is 0 Å². The number of phenols is 1. The molecule has 1 saturated heterocycles. The molecule has 1 aromatic carbocycles. The fraction of sp³-hybridized carbons (Fsp3) is 0.600. The number of likely N-dealkylation sites (tertiary alicyclic amines) is 1. The number of benzene rings is 1. The summed E-state index contributed by atoms with van der Waals surface area (Å²) in [6, 6.07) is 6.29. The summed E-state index contributed by atoms with van der Waals surface area (Å²) in [6.45, 7) is 6.50. The first-order valence-electron chi connectivity index (χ1n) is 6.70. The van der Waals surface area contributed by atoms with Crippen LogP contribution < -0.4 is 4.74 Å².